The number of rotatable bonds is 3. The van der Waals surface area contributed by atoms with Crippen LogP contribution in [0.25, 0.3) is 0 Å². The van der Waals surface area contributed by atoms with Gasteiger partial charge >= 0.3 is 12.1 Å². The Kier molecular flexibility index (Phi) is 3.36. The van der Waals surface area contributed by atoms with Crippen molar-refractivity contribution in [2.45, 2.75) is 19.1 Å². The first kappa shape index (κ1) is 12.3. The third-order valence-electron chi connectivity index (χ3n) is 1.77. The molecule has 1 heterocycles. The summed E-state index contributed by atoms with van der Waals surface area (Å²) in [6.07, 6.45) is -4.54. The Bertz CT molecular complexity index is 393. The molecule has 0 spiro atoms. The lowest BCUT2D eigenvalue weighted by molar-refractivity contribution is -0.141. The van der Waals surface area contributed by atoms with Gasteiger partial charge in [0.15, 0.2) is 0 Å². The van der Waals surface area contributed by atoms with Crippen LogP contribution in [0.4, 0.5) is 19.0 Å². The van der Waals surface area contributed by atoms with Crippen molar-refractivity contribution in [3.63, 3.8) is 0 Å². The molecule has 0 radical (unpaired) electrons. The van der Waals surface area contributed by atoms with Crippen LogP contribution in [0.3, 0.4) is 0 Å². The number of carboxylic acids is 1. The van der Waals surface area contributed by atoms with E-state index >= 15 is 0 Å². The van der Waals surface area contributed by atoms with Crippen molar-refractivity contribution in [1.82, 2.24) is 4.98 Å². The minimum atomic E-state index is -4.54. The maximum absolute atomic E-state index is 12.3. The molecule has 7 heteroatoms. The van der Waals surface area contributed by atoms with Gasteiger partial charge in [-0.2, -0.15) is 13.2 Å². The smallest absolute Gasteiger partial charge is 0.433 e. The SMILES string of the molecule is C[C@H](Nc1cccc(C(F)(F)F)n1)C(=O)O. The Morgan fingerprint density at radius 2 is 2.12 bits per heavy atom. The second-order valence-corrected chi connectivity index (χ2v) is 3.11. The molecule has 1 rings (SSSR count). The van der Waals surface area contributed by atoms with Gasteiger partial charge in [0.2, 0.25) is 0 Å². The number of nitrogens with one attached hydrogen (secondary N) is 1. The van der Waals surface area contributed by atoms with E-state index in [0.717, 1.165) is 12.1 Å². The molecule has 1 aromatic rings. The summed E-state index contributed by atoms with van der Waals surface area (Å²) in [6.45, 7) is 1.31. The van der Waals surface area contributed by atoms with Crippen LogP contribution in [-0.2, 0) is 11.0 Å². The molecule has 0 aliphatic carbocycles. The van der Waals surface area contributed by atoms with Gasteiger partial charge in [0.05, 0.1) is 0 Å². The molecular formula is C9H9F3N2O2. The molecule has 1 aromatic heterocycles. The van der Waals surface area contributed by atoms with Gasteiger partial charge in [0.25, 0.3) is 0 Å². The summed E-state index contributed by atoms with van der Waals surface area (Å²) >= 11 is 0. The van der Waals surface area contributed by atoms with E-state index in [0.29, 0.717) is 0 Å². The zero-order chi connectivity index (χ0) is 12.3. The predicted molar refractivity (Wildman–Crippen MR) is 50.0 cm³/mol. The molecule has 1 atom stereocenters. The lowest BCUT2D eigenvalue weighted by Crippen LogP contribution is -2.26. The molecule has 0 saturated heterocycles. The number of anilines is 1. The molecule has 4 nitrogen and oxygen atoms in total. The highest BCUT2D eigenvalue weighted by atomic mass is 19.4. The number of carboxylic acid groups (broad SMARTS) is 1. The van der Waals surface area contributed by atoms with Crippen molar-refractivity contribution in [2.24, 2.45) is 0 Å². The van der Waals surface area contributed by atoms with Crippen LogP contribution in [-0.4, -0.2) is 22.1 Å². The molecular weight excluding hydrogens is 225 g/mol. The molecule has 0 amide bonds. The van der Waals surface area contributed by atoms with E-state index in [-0.39, 0.29) is 5.82 Å². The highest BCUT2D eigenvalue weighted by Crippen LogP contribution is 2.28. The normalized spacial score (nSPS) is 13.2. The van der Waals surface area contributed by atoms with E-state index in [9.17, 15) is 18.0 Å². The lowest BCUT2D eigenvalue weighted by Gasteiger charge is -2.11. The number of aliphatic carboxylic acids is 1. The maximum atomic E-state index is 12.3. The highest BCUT2D eigenvalue weighted by molar-refractivity contribution is 5.76. The van der Waals surface area contributed by atoms with Crippen LogP contribution in [0.5, 0.6) is 0 Å². The fraction of sp³-hybridized carbons (Fsp3) is 0.333. The number of halogens is 3. The summed E-state index contributed by atoms with van der Waals surface area (Å²) in [5.74, 6) is -1.29. The van der Waals surface area contributed by atoms with Gasteiger partial charge in [-0.05, 0) is 19.1 Å². The number of pyridine rings is 1. The summed E-state index contributed by atoms with van der Waals surface area (Å²) in [5, 5.41) is 10.9. The Labute approximate surface area is 89.1 Å². The zero-order valence-electron chi connectivity index (χ0n) is 8.25. The average molecular weight is 234 g/mol. The van der Waals surface area contributed by atoms with Crippen molar-refractivity contribution in [3.8, 4) is 0 Å². The molecule has 0 bridgehead atoms. The number of nitrogens with zero attached hydrogens (tertiary/aromatic N) is 1. The van der Waals surface area contributed by atoms with Gasteiger partial charge in [0, 0.05) is 0 Å². The Morgan fingerprint density at radius 1 is 1.50 bits per heavy atom. The second kappa shape index (κ2) is 4.38. The van der Waals surface area contributed by atoms with E-state index < -0.39 is 23.9 Å². The van der Waals surface area contributed by atoms with Gasteiger partial charge < -0.3 is 10.4 Å². The molecule has 0 fully saturated rings. The van der Waals surface area contributed by atoms with Gasteiger partial charge in [-0.3, -0.25) is 4.79 Å². The van der Waals surface area contributed by atoms with Crippen LogP contribution in [0, 0.1) is 0 Å². The standard InChI is InChI=1S/C9H9F3N2O2/c1-5(8(15)16)13-7-4-2-3-6(14-7)9(10,11)12/h2-5H,1H3,(H,13,14)(H,15,16)/t5-/m0/s1. The summed E-state index contributed by atoms with van der Waals surface area (Å²) in [4.78, 5) is 13.7. The fourth-order valence-electron chi connectivity index (χ4n) is 0.957. The van der Waals surface area contributed by atoms with Gasteiger partial charge in [0.1, 0.15) is 17.6 Å². The van der Waals surface area contributed by atoms with E-state index in [1.54, 1.807) is 0 Å². The van der Waals surface area contributed by atoms with Crippen LogP contribution in [0.15, 0.2) is 18.2 Å². The largest absolute Gasteiger partial charge is 0.480 e. The summed E-state index contributed by atoms with van der Waals surface area (Å²) in [6, 6.07) is 2.24. The third-order valence-corrected chi connectivity index (χ3v) is 1.77. The summed E-state index contributed by atoms with van der Waals surface area (Å²) in [5.41, 5.74) is -1.06. The van der Waals surface area contributed by atoms with Gasteiger partial charge in [-0.25, -0.2) is 4.98 Å². The van der Waals surface area contributed by atoms with Crippen molar-refractivity contribution >= 4 is 11.8 Å². The van der Waals surface area contributed by atoms with Crippen LogP contribution in [0.1, 0.15) is 12.6 Å². The van der Waals surface area contributed by atoms with Crippen molar-refractivity contribution < 1.29 is 23.1 Å². The van der Waals surface area contributed by atoms with E-state index in [2.05, 4.69) is 10.3 Å². The number of aromatic nitrogens is 1. The first-order chi connectivity index (χ1) is 7.30. The number of alkyl halides is 3. The molecule has 0 aliphatic rings. The molecule has 2 N–H and O–H groups in total. The van der Waals surface area contributed by atoms with E-state index in [4.69, 9.17) is 5.11 Å². The number of carbonyl (C=O) groups is 1. The van der Waals surface area contributed by atoms with Crippen LogP contribution >= 0.6 is 0 Å². The maximum Gasteiger partial charge on any atom is 0.433 e. The molecule has 0 unspecified atom stereocenters. The zero-order valence-corrected chi connectivity index (χ0v) is 8.25. The molecule has 16 heavy (non-hydrogen) atoms. The second-order valence-electron chi connectivity index (χ2n) is 3.11. The monoisotopic (exact) mass is 234 g/mol. The number of hydrogen-bond acceptors (Lipinski definition) is 3. The van der Waals surface area contributed by atoms with Gasteiger partial charge in [-0.1, -0.05) is 6.07 Å². The average Bonchev–Trinajstić information content (AvgIpc) is 2.16. The molecule has 88 valence electrons. The van der Waals surface area contributed by atoms with Crippen molar-refractivity contribution in [1.29, 1.82) is 0 Å². The summed E-state index contributed by atoms with van der Waals surface area (Å²) < 4.78 is 36.8. The lowest BCUT2D eigenvalue weighted by atomic mass is 10.3. The predicted octanol–water partition coefficient (Wildman–Crippen LogP) is 1.99. The molecule has 0 aliphatic heterocycles. The first-order valence-corrected chi connectivity index (χ1v) is 4.34. The van der Waals surface area contributed by atoms with Crippen LogP contribution in [0.2, 0.25) is 0 Å². The third kappa shape index (κ3) is 3.11. The van der Waals surface area contributed by atoms with Crippen molar-refractivity contribution in [2.75, 3.05) is 5.32 Å². The topological polar surface area (TPSA) is 62.2 Å². The number of hydrogen-bond donors (Lipinski definition) is 2. The summed E-state index contributed by atoms with van der Waals surface area (Å²) in [7, 11) is 0. The first-order valence-electron chi connectivity index (χ1n) is 4.34. The van der Waals surface area contributed by atoms with Crippen LogP contribution < -0.4 is 5.32 Å². The van der Waals surface area contributed by atoms with E-state index in [1.807, 2.05) is 0 Å². The Balaban J connectivity index is 2.87. The fourth-order valence-corrected chi connectivity index (χ4v) is 0.957. The van der Waals surface area contributed by atoms with E-state index in [1.165, 1.54) is 13.0 Å². The molecule has 0 aromatic carbocycles. The quantitative estimate of drug-likeness (QED) is 0.839. The van der Waals surface area contributed by atoms with Gasteiger partial charge in [-0.15, -0.1) is 0 Å². The van der Waals surface area contributed by atoms with Crippen molar-refractivity contribution in [3.05, 3.63) is 23.9 Å². The Morgan fingerprint density at radius 3 is 2.62 bits per heavy atom. The molecule has 0 saturated carbocycles. The minimum Gasteiger partial charge on any atom is -0.480 e. The highest BCUT2D eigenvalue weighted by Gasteiger charge is 2.32. The minimum absolute atomic E-state index is 0.121. The Hall–Kier alpha value is -1.79.